The van der Waals surface area contributed by atoms with Gasteiger partial charge < -0.3 is 10.8 Å². The van der Waals surface area contributed by atoms with Crippen molar-refractivity contribution >= 4 is 5.97 Å². The van der Waals surface area contributed by atoms with Crippen LogP contribution in [-0.4, -0.2) is 17.1 Å². The maximum atomic E-state index is 10.4. The van der Waals surface area contributed by atoms with E-state index in [1.165, 1.54) is 12.8 Å². The van der Waals surface area contributed by atoms with Crippen LogP contribution in [0, 0.1) is 5.92 Å². The molecule has 0 aromatic rings. The summed E-state index contributed by atoms with van der Waals surface area (Å²) in [4.78, 5) is 10.4. The molecule has 0 aliphatic heterocycles. The molecule has 0 fully saturated rings. The Morgan fingerprint density at radius 2 is 2.08 bits per heavy atom. The minimum Gasteiger partial charge on any atom is -0.481 e. The molecule has 2 atom stereocenters. The fourth-order valence-corrected chi connectivity index (χ4v) is 1.33. The van der Waals surface area contributed by atoms with Crippen LogP contribution in [0.25, 0.3) is 0 Å². The van der Waals surface area contributed by atoms with Crippen molar-refractivity contribution in [2.45, 2.75) is 52.0 Å². The number of hydrogen-bond acceptors (Lipinski definition) is 2. The van der Waals surface area contributed by atoms with Gasteiger partial charge in [-0.2, -0.15) is 0 Å². The minimum absolute atomic E-state index is 0.0906. The van der Waals surface area contributed by atoms with Crippen LogP contribution in [0.3, 0.4) is 0 Å². The quantitative estimate of drug-likeness (QED) is 0.599. The van der Waals surface area contributed by atoms with Gasteiger partial charge in [0.2, 0.25) is 0 Å². The summed E-state index contributed by atoms with van der Waals surface area (Å²) in [6.07, 6.45) is 4.70. The molecule has 0 amide bonds. The highest BCUT2D eigenvalue weighted by Crippen LogP contribution is 2.13. The Morgan fingerprint density at radius 3 is 2.54 bits per heavy atom. The second-order valence-electron chi connectivity index (χ2n) is 3.73. The Bertz CT molecular complexity index is 148. The summed E-state index contributed by atoms with van der Waals surface area (Å²) in [6, 6.07) is -0.186. The number of nitrogens with two attached hydrogens (primary N) is 1. The molecule has 0 spiro atoms. The van der Waals surface area contributed by atoms with Crippen LogP contribution in [0.5, 0.6) is 0 Å². The summed E-state index contributed by atoms with van der Waals surface area (Å²) in [5, 5.41) is 8.52. The van der Waals surface area contributed by atoms with Crippen LogP contribution in [0.2, 0.25) is 0 Å². The molecule has 0 aliphatic carbocycles. The molecule has 0 rings (SSSR count). The average Bonchev–Trinajstić information content (AvgIpc) is 2.03. The number of unbranched alkanes of at least 4 members (excludes halogenated alkanes) is 2. The molecule has 0 saturated heterocycles. The molecule has 0 heterocycles. The van der Waals surface area contributed by atoms with Gasteiger partial charge in [-0.25, -0.2) is 0 Å². The number of rotatable bonds is 7. The van der Waals surface area contributed by atoms with Gasteiger partial charge in [-0.3, -0.25) is 4.79 Å². The lowest BCUT2D eigenvalue weighted by Gasteiger charge is -2.17. The highest BCUT2D eigenvalue weighted by molar-refractivity contribution is 5.67. The van der Waals surface area contributed by atoms with Gasteiger partial charge in [-0.1, -0.05) is 33.1 Å². The zero-order valence-electron chi connectivity index (χ0n) is 8.62. The van der Waals surface area contributed by atoms with Crippen molar-refractivity contribution < 1.29 is 9.90 Å². The molecule has 0 aromatic heterocycles. The fourth-order valence-electron chi connectivity index (χ4n) is 1.33. The Kier molecular flexibility index (Phi) is 6.59. The third kappa shape index (κ3) is 6.58. The van der Waals surface area contributed by atoms with Gasteiger partial charge in [0, 0.05) is 6.04 Å². The number of aliphatic carboxylic acids is 1. The van der Waals surface area contributed by atoms with E-state index >= 15 is 0 Å². The van der Waals surface area contributed by atoms with E-state index in [2.05, 4.69) is 6.92 Å². The smallest absolute Gasteiger partial charge is 0.304 e. The molecule has 3 N–H and O–H groups in total. The highest BCUT2D eigenvalue weighted by atomic mass is 16.4. The van der Waals surface area contributed by atoms with Crippen LogP contribution in [0.4, 0.5) is 0 Å². The summed E-state index contributed by atoms with van der Waals surface area (Å²) in [5.74, 6) is -0.475. The molecule has 3 nitrogen and oxygen atoms in total. The van der Waals surface area contributed by atoms with Crippen LogP contribution in [0.15, 0.2) is 0 Å². The zero-order valence-corrected chi connectivity index (χ0v) is 8.62. The summed E-state index contributed by atoms with van der Waals surface area (Å²) in [6.45, 7) is 4.19. The highest BCUT2D eigenvalue weighted by Gasteiger charge is 2.15. The molecular weight excluding hydrogens is 166 g/mol. The van der Waals surface area contributed by atoms with E-state index < -0.39 is 5.97 Å². The lowest BCUT2D eigenvalue weighted by molar-refractivity contribution is -0.137. The van der Waals surface area contributed by atoms with Gasteiger partial charge in [0.05, 0.1) is 6.42 Å². The first-order chi connectivity index (χ1) is 6.07. The lowest BCUT2D eigenvalue weighted by atomic mass is 9.94. The normalized spacial score (nSPS) is 15.3. The predicted octanol–water partition coefficient (Wildman–Crippen LogP) is 2.00. The topological polar surface area (TPSA) is 63.3 Å². The maximum absolute atomic E-state index is 10.4. The standard InChI is InChI=1S/C10H21NO2/c1-3-4-5-6-8(2)9(11)7-10(12)13/h8-9H,3-7,11H2,1-2H3,(H,12,13)/t8-,9+/m0/s1. The van der Waals surface area contributed by atoms with Crippen LogP contribution < -0.4 is 5.73 Å². The van der Waals surface area contributed by atoms with E-state index in [4.69, 9.17) is 10.8 Å². The molecule has 0 unspecified atom stereocenters. The Morgan fingerprint density at radius 1 is 1.46 bits per heavy atom. The van der Waals surface area contributed by atoms with Crippen molar-refractivity contribution in [1.29, 1.82) is 0 Å². The summed E-state index contributed by atoms with van der Waals surface area (Å²) >= 11 is 0. The van der Waals surface area contributed by atoms with E-state index in [-0.39, 0.29) is 12.5 Å². The van der Waals surface area contributed by atoms with E-state index in [9.17, 15) is 4.79 Å². The van der Waals surface area contributed by atoms with Gasteiger partial charge in [0.15, 0.2) is 0 Å². The van der Waals surface area contributed by atoms with E-state index in [0.29, 0.717) is 5.92 Å². The molecule has 0 bridgehead atoms. The third-order valence-corrected chi connectivity index (χ3v) is 2.40. The largest absolute Gasteiger partial charge is 0.481 e. The van der Waals surface area contributed by atoms with Crippen molar-refractivity contribution in [3.05, 3.63) is 0 Å². The number of carboxylic acid groups (broad SMARTS) is 1. The summed E-state index contributed by atoms with van der Waals surface area (Å²) in [5.41, 5.74) is 5.72. The summed E-state index contributed by atoms with van der Waals surface area (Å²) < 4.78 is 0. The van der Waals surface area contributed by atoms with Crippen LogP contribution >= 0.6 is 0 Å². The molecule has 3 heteroatoms. The van der Waals surface area contributed by atoms with Gasteiger partial charge in [0.25, 0.3) is 0 Å². The summed E-state index contributed by atoms with van der Waals surface area (Å²) in [7, 11) is 0. The monoisotopic (exact) mass is 187 g/mol. The third-order valence-electron chi connectivity index (χ3n) is 2.40. The molecule has 0 radical (unpaired) electrons. The fraction of sp³-hybridized carbons (Fsp3) is 0.900. The lowest BCUT2D eigenvalue weighted by Crippen LogP contribution is -2.30. The van der Waals surface area contributed by atoms with Crippen molar-refractivity contribution in [3.8, 4) is 0 Å². The molecule has 0 aliphatic rings. The van der Waals surface area contributed by atoms with Gasteiger partial charge >= 0.3 is 5.97 Å². The van der Waals surface area contributed by atoms with Crippen molar-refractivity contribution in [2.24, 2.45) is 11.7 Å². The number of hydrogen-bond donors (Lipinski definition) is 2. The molecule has 0 saturated carbocycles. The van der Waals surface area contributed by atoms with Gasteiger partial charge in [-0.05, 0) is 12.3 Å². The molecule has 13 heavy (non-hydrogen) atoms. The Hall–Kier alpha value is -0.570. The Labute approximate surface area is 80.3 Å². The van der Waals surface area contributed by atoms with Crippen LogP contribution in [-0.2, 0) is 4.79 Å². The van der Waals surface area contributed by atoms with E-state index in [0.717, 1.165) is 12.8 Å². The molecular formula is C10H21NO2. The minimum atomic E-state index is -0.796. The first-order valence-corrected chi connectivity index (χ1v) is 5.05. The van der Waals surface area contributed by atoms with E-state index in [1.54, 1.807) is 0 Å². The molecule has 78 valence electrons. The average molecular weight is 187 g/mol. The van der Waals surface area contributed by atoms with Crippen LogP contribution in [0.1, 0.15) is 46.0 Å². The van der Waals surface area contributed by atoms with E-state index in [1.807, 2.05) is 6.92 Å². The zero-order chi connectivity index (χ0) is 10.3. The SMILES string of the molecule is CCCCC[C@H](C)[C@H](N)CC(=O)O. The number of carbonyl (C=O) groups is 1. The predicted molar refractivity (Wildman–Crippen MR) is 53.5 cm³/mol. The van der Waals surface area contributed by atoms with Crippen molar-refractivity contribution in [3.63, 3.8) is 0 Å². The second kappa shape index (κ2) is 6.89. The first-order valence-electron chi connectivity index (χ1n) is 5.05. The number of carboxylic acids is 1. The van der Waals surface area contributed by atoms with Gasteiger partial charge in [0.1, 0.15) is 0 Å². The second-order valence-corrected chi connectivity index (χ2v) is 3.73. The van der Waals surface area contributed by atoms with Crippen molar-refractivity contribution in [1.82, 2.24) is 0 Å². The van der Waals surface area contributed by atoms with Crippen molar-refractivity contribution in [2.75, 3.05) is 0 Å². The Balaban J connectivity index is 3.56. The maximum Gasteiger partial charge on any atom is 0.304 e. The first kappa shape index (κ1) is 12.4. The molecule has 0 aromatic carbocycles. The van der Waals surface area contributed by atoms with Gasteiger partial charge in [-0.15, -0.1) is 0 Å².